The second-order valence-corrected chi connectivity index (χ2v) is 10.0. The van der Waals surface area contributed by atoms with Crippen LogP contribution in [-0.4, -0.2) is 73.7 Å². The van der Waals surface area contributed by atoms with Gasteiger partial charge in [0.15, 0.2) is 0 Å². The summed E-state index contributed by atoms with van der Waals surface area (Å²) < 4.78 is 83.9. The van der Waals surface area contributed by atoms with Crippen molar-refractivity contribution in [2.45, 2.75) is 29.2 Å². The van der Waals surface area contributed by atoms with Crippen molar-refractivity contribution in [1.29, 1.82) is 0 Å². The average Bonchev–Trinajstić information content (AvgIpc) is 3.24. The lowest BCUT2D eigenvalue weighted by molar-refractivity contribution is -0.0329. The Labute approximate surface area is 232 Å². The van der Waals surface area contributed by atoms with Crippen molar-refractivity contribution in [1.82, 2.24) is 14.6 Å². The molecule has 3 heterocycles. The quantitative estimate of drug-likeness (QED) is 0.216. The number of rotatable bonds is 7. The fraction of sp³-hybridized carbons (Fsp3) is 0.370. The summed E-state index contributed by atoms with van der Waals surface area (Å²) in [5.41, 5.74) is -3.16. The Bertz CT molecular complexity index is 1500. The number of carbonyl (C=O) groups is 1. The number of likely N-dealkylation sites (tertiary alicyclic amines) is 1. The number of thioether (sulfide) groups is 1. The minimum Gasteiger partial charge on any atom is -0.495 e. The molecule has 0 bridgehead atoms. The molecular formula is C27H29F4N5O2S. The Balaban J connectivity index is 1.61. The highest BCUT2D eigenvalue weighted by Crippen LogP contribution is 2.41. The lowest BCUT2D eigenvalue weighted by Gasteiger charge is -2.33. The number of carbonyl (C=O) groups excluding carboxylic acids is 1. The third kappa shape index (κ3) is 6.91. The first-order valence-corrected chi connectivity index (χ1v) is 12.8. The lowest BCUT2D eigenvalue weighted by atomic mass is 10.0. The van der Waals surface area contributed by atoms with Crippen molar-refractivity contribution in [3.8, 4) is 17.6 Å². The molecule has 39 heavy (non-hydrogen) atoms. The van der Waals surface area contributed by atoms with Gasteiger partial charge < -0.3 is 30.0 Å². The largest absolute Gasteiger partial charge is 0.495 e. The Morgan fingerprint density at radius 1 is 1.28 bits per heavy atom. The van der Waals surface area contributed by atoms with Gasteiger partial charge in [0.1, 0.15) is 16.9 Å². The van der Waals surface area contributed by atoms with Crippen LogP contribution in [0.3, 0.4) is 0 Å². The lowest BCUT2D eigenvalue weighted by Crippen LogP contribution is -2.46. The molecule has 1 fully saturated rings. The van der Waals surface area contributed by atoms with E-state index in [0.29, 0.717) is 24.2 Å². The summed E-state index contributed by atoms with van der Waals surface area (Å²) in [6, 6.07) is 8.49. The highest BCUT2D eigenvalue weighted by molar-refractivity contribution is 8.00. The number of halogens is 4. The van der Waals surface area contributed by atoms with Gasteiger partial charge in [-0.2, -0.15) is 13.2 Å². The number of hydrogen-bond acceptors (Lipinski definition) is 6. The summed E-state index contributed by atoms with van der Waals surface area (Å²) in [5, 5.41) is 8.35. The van der Waals surface area contributed by atoms with E-state index in [1.807, 2.05) is 11.9 Å². The fourth-order valence-corrected chi connectivity index (χ4v) is 5.03. The molecule has 3 N–H and O–H groups in total. The molecule has 0 radical (unpaired) electrons. The van der Waals surface area contributed by atoms with Crippen LogP contribution in [0, 0.1) is 11.8 Å². The smallest absolute Gasteiger partial charge is 0.447 e. The Hall–Kier alpha value is -3.56. The van der Waals surface area contributed by atoms with E-state index in [1.165, 1.54) is 41.9 Å². The number of nitrogens with zero attached hydrogens (tertiary/aromatic N) is 2. The van der Waals surface area contributed by atoms with Crippen LogP contribution in [0.2, 0.25) is 0 Å². The molecule has 0 unspecified atom stereocenters. The summed E-state index contributed by atoms with van der Waals surface area (Å²) in [7, 11) is 0.468. The molecule has 3 aromatic rings. The number of piperidine rings is 1. The third-order valence-corrected chi connectivity index (χ3v) is 7.07. The van der Waals surface area contributed by atoms with E-state index in [1.54, 1.807) is 12.1 Å². The van der Waals surface area contributed by atoms with Crippen LogP contribution >= 0.6 is 11.8 Å². The Morgan fingerprint density at radius 2 is 2.10 bits per heavy atom. The van der Waals surface area contributed by atoms with Gasteiger partial charge in [0.25, 0.3) is 5.91 Å². The topological polar surface area (TPSA) is 70.0 Å². The van der Waals surface area contributed by atoms with Gasteiger partial charge in [0, 0.05) is 43.7 Å². The van der Waals surface area contributed by atoms with Crippen molar-refractivity contribution in [2.24, 2.45) is 0 Å². The maximum absolute atomic E-state index is 14.7. The number of hydrogen-bond donors (Lipinski definition) is 3. The van der Waals surface area contributed by atoms with Gasteiger partial charge in [-0.05, 0) is 49.9 Å². The van der Waals surface area contributed by atoms with Gasteiger partial charge in [-0.3, -0.25) is 4.79 Å². The van der Waals surface area contributed by atoms with E-state index in [-0.39, 0.29) is 52.4 Å². The van der Waals surface area contributed by atoms with Crippen LogP contribution in [0.1, 0.15) is 26.5 Å². The van der Waals surface area contributed by atoms with Gasteiger partial charge in [-0.1, -0.05) is 11.8 Å². The summed E-state index contributed by atoms with van der Waals surface area (Å²) in [6.45, 7) is 0.867. The molecule has 1 aliphatic heterocycles. The van der Waals surface area contributed by atoms with Crippen LogP contribution in [0.25, 0.3) is 5.52 Å². The van der Waals surface area contributed by atoms with Crippen LogP contribution in [0.5, 0.6) is 5.75 Å². The predicted octanol–water partition coefficient (Wildman–Crippen LogP) is 4.84. The average molecular weight is 567 g/mol. The summed E-state index contributed by atoms with van der Waals surface area (Å²) in [4.78, 5) is 13.9. The zero-order chi connectivity index (χ0) is 30.7. The van der Waals surface area contributed by atoms with E-state index >= 15 is 0 Å². The fourth-order valence-electron chi connectivity index (χ4n) is 4.33. The van der Waals surface area contributed by atoms with Crippen LogP contribution in [0.15, 0.2) is 47.6 Å². The van der Waals surface area contributed by atoms with Gasteiger partial charge in [0.2, 0.25) is 0 Å². The molecule has 208 valence electrons. The number of fused-ring (bicyclic) bond motifs is 1. The van der Waals surface area contributed by atoms with Crippen LogP contribution in [0.4, 0.5) is 28.9 Å². The predicted molar refractivity (Wildman–Crippen MR) is 145 cm³/mol. The molecule has 0 spiro atoms. The van der Waals surface area contributed by atoms with E-state index in [4.69, 9.17) is 8.85 Å². The number of aromatic nitrogens is 1. The molecule has 1 aromatic carbocycles. The minimum atomic E-state index is -4.58. The molecule has 4 rings (SSSR count). The number of pyridine rings is 1. The molecule has 1 aliphatic rings. The molecule has 2 atom stereocenters. The molecular weight excluding hydrogens is 534 g/mol. The number of alkyl halides is 4. The molecule has 0 saturated carbocycles. The molecule has 7 nitrogen and oxygen atoms in total. The van der Waals surface area contributed by atoms with E-state index in [9.17, 15) is 22.4 Å². The zero-order valence-corrected chi connectivity index (χ0v) is 22.0. The van der Waals surface area contributed by atoms with Crippen molar-refractivity contribution < 1.29 is 31.2 Å². The van der Waals surface area contributed by atoms with Gasteiger partial charge in [-0.15, -0.1) is 0 Å². The third-order valence-electron chi connectivity index (χ3n) is 6.23. The second kappa shape index (κ2) is 12.1. The summed E-state index contributed by atoms with van der Waals surface area (Å²) in [6.07, 6.45) is 0.892. The maximum atomic E-state index is 14.7. The Morgan fingerprint density at radius 3 is 2.82 bits per heavy atom. The second-order valence-electron chi connectivity index (χ2n) is 8.95. The van der Waals surface area contributed by atoms with Crippen molar-refractivity contribution in [2.75, 3.05) is 51.4 Å². The highest BCUT2D eigenvalue weighted by atomic mass is 32.2. The van der Waals surface area contributed by atoms with E-state index in [0.717, 1.165) is 0 Å². The number of methoxy groups -OCH3 is 1. The highest BCUT2D eigenvalue weighted by Gasteiger charge is 2.33. The number of nitrogens with one attached hydrogen (secondary N) is 3. The summed E-state index contributed by atoms with van der Waals surface area (Å²) in [5.74, 6) is 4.98. The first-order valence-electron chi connectivity index (χ1n) is 13.5. The van der Waals surface area contributed by atoms with Crippen molar-refractivity contribution in [3.63, 3.8) is 0 Å². The normalized spacial score (nSPS) is 19.3. The zero-order valence-electron chi connectivity index (χ0n) is 24.2. The van der Waals surface area contributed by atoms with Crippen molar-refractivity contribution >= 4 is 34.6 Å². The van der Waals surface area contributed by atoms with E-state index in [2.05, 4.69) is 27.8 Å². The standard InChI is InChI=1S/C27H29F4N5O2S/c1-32-25(37)17-8-9-22(24(15-17)38-3)33-11-4-6-18-14-23-21(34-20-10-13-35(2)16-19(20)28)7-5-12-36(23)26(18)39-27(29,30)31/h5,7-9,12,14-15,19-20,33-34H,10-11,13,16H2,1-3H3,(H,32,37)/t19-,20+/m0/s1/i3D3. The van der Waals surface area contributed by atoms with Crippen molar-refractivity contribution in [3.05, 3.63) is 53.7 Å². The monoisotopic (exact) mass is 566 g/mol. The SMILES string of the molecule is [2H]C([2H])([2H])Oc1cc(C(=O)NC)ccc1NCC#Cc1cc2c(N[C@@H]3CCN(C)C[C@@H]3F)cccn2c1SC(F)(F)F. The molecule has 1 saturated heterocycles. The number of anilines is 2. The van der Waals surface area contributed by atoms with Crippen LogP contribution < -0.4 is 20.7 Å². The van der Waals surface area contributed by atoms with Gasteiger partial charge >= 0.3 is 5.51 Å². The molecule has 0 aliphatic carbocycles. The molecule has 12 heteroatoms. The number of amides is 1. The first kappa shape index (κ1) is 24.5. The number of ether oxygens (including phenoxy) is 1. The summed E-state index contributed by atoms with van der Waals surface area (Å²) >= 11 is -0.300. The molecule has 2 aromatic heterocycles. The number of benzene rings is 1. The molecule has 1 amide bonds. The first-order chi connectivity index (χ1) is 19.7. The van der Waals surface area contributed by atoms with E-state index < -0.39 is 30.7 Å². The van der Waals surface area contributed by atoms with Gasteiger partial charge in [-0.25, -0.2) is 4.39 Å². The Kier molecular flexibility index (Phi) is 7.59. The minimum absolute atomic E-state index is 0.0801. The maximum Gasteiger partial charge on any atom is 0.447 e. The van der Waals surface area contributed by atoms with Crippen LogP contribution in [-0.2, 0) is 0 Å². The van der Waals surface area contributed by atoms with Gasteiger partial charge in [0.05, 0.1) is 46.2 Å².